The lowest BCUT2D eigenvalue weighted by Crippen LogP contribution is -2.19. The Morgan fingerprint density at radius 3 is 3.00 bits per heavy atom. The maximum Gasteiger partial charge on any atom is 0.128 e. The highest BCUT2D eigenvalue weighted by Crippen LogP contribution is 2.08. The van der Waals surface area contributed by atoms with Gasteiger partial charge in [0.1, 0.15) is 11.0 Å². The number of nitrogens with zero attached hydrogens (tertiary/aromatic N) is 5. The standard InChI is InChI=1S/C10H15ClN6/c1-16-9(11)7-13-10(16)8-12-3-2-5-17-6-4-14-15-17/h4,6-7,12H,2-3,5,8H2,1H3. The summed E-state index contributed by atoms with van der Waals surface area (Å²) in [4.78, 5) is 4.20. The second-order valence-corrected chi connectivity index (χ2v) is 4.14. The molecule has 0 aliphatic heterocycles. The SMILES string of the molecule is Cn1c(Cl)cnc1CNCCCn1ccnn1. The summed E-state index contributed by atoms with van der Waals surface area (Å²) in [5.41, 5.74) is 0. The second-order valence-electron chi connectivity index (χ2n) is 3.75. The van der Waals surface area contributed by atoms with Crippen LogP contribution in [-0.4, -0.2) is 31.1 Å². The largest absolute Gasteiger partial charge is 0.321 e. The highest BCUT2D eigenvalue weighted by atomic mass is 35.5. The maximum absolute atomic E-state index is 5.89. The molecule has 6 nitrogen and oxygen atoms in total. The number of aryl methyl sites for hydroxylation is 1. The molecule has 0 fully saturated rings. The van der Waals surface area contributed by atoms with Gasteiger partial charge in [-0.25, -0.2) is 4.98 Å². The minimum absolute atomic E-state index is 0.657. The average molecular weight is 255 g/mol. The summed E-state index contributed by atoms with van der Waals surface area (Å²) < 4.78 is 3.69. The van der Waals surface area contributed by atoms with Crippen molar-refractivity contribution in [3.8, 4) is 0 Å². The molecule has 0 bridgehead atoms. The van der Waals surface area contributed by atoms with Crippen molar-refractivity contribution in [3.63, 3.8) is 0 Å². The Bertz CT molecular complexity index is 449. The van der Waals surface area contributed by atoms with Crippen molar-refractivity contribution in [1.82, 2.24) is 29.9 Å². The summed E-state index contributed by atoms with van der Waals surface area (Å²) in [5.74, 6) is 0.941. The van der Waals surface area contributed by atoms with Gasteiger partial charge in [0.05, 0.1) is 18.9 Å². The first-order chi connectivity index (χ1) is 8.27. The maximum atomic E-state index is 5.89. The second kappa shape index (κ2) is 5.79. The van der Waals surface area contributed by atoms with Gasteiger partial charge in [0.25, 0.3) is 0 Å². The van der Waals surface area contributed by atoms with Crippen molar-refractivity contribution in [2.24, 2.45) is 7.05 Å². The highest BCUT2D eigenvalue weighted by Gasteiger charge is 2.02. The van der Waals surface area contributed by atoms with E-state index in [-0.39, 0.29) is 0 Å². The number of rotatable bonds is 6. The third-order valence-electron chi connectivity index (χ3n) is 2.52. The molecule has 2 aromatic rings. The molecule has 0 saturated heterocycles. The first-order valence-electron chi connectivity index (χ1n) is 5.48. The van der Waals surface area contributed by atoms with Gasteiger partial charge in [-0.15, -0.1) is 5.10 Å². The van der Waals surface area contributed by atoms with Gasteiger partial charge in [0.2, 0.25) is 0 Å². The number of hydrogen-bond donors (Lipinski definition) is 1. The molecule has 2 heterocycles. The van der Waals surface area contributed by atoms with Crippen molar-refractivity contribution in [3.05, 3.63) is 29.6 Å². The van der Waals surface area contributed by atoms with Crippen molar-refractivity contribution in [2.45, 2.75) is 19.5 Å². The van der Waals surface area contributed by atoms with E-state index >= 15 is 0 Å². The van der Waals surface area contributed by atoms with Crippen LogP contribution in [0, 0.1) is 0 Å². The summed E-state index contributed by atoms with van der Waals surface area (Å²) in [5, 5.41) is 11.6. The van der Waals surface area contributed by atoms with Crippen LogP contribution in [-0.2, 0) is 20.1 Å². The minimum Gasteiger partial charge on any atom is -0.321 e. The molecule has 0 aliphatic carbocycles. The average Bonchev–Trinajstić information content (AvgIpc) is 2.93. The normalized spacial score (nSPS) is 10.9. The third kappa shape index (κ3) is 3.28. The molecule has 2 aromatic heterocycles. The molecular formula is C10H15ClN6. The fourth-order valence-electron chi connectivity index (χ4n) is 1.51. The fourth-order valence-corrected chi connectivity index (χ4v) is 1.65. The molecule has 0 atom stereocenters. The molecule has 0 aromatic carbocycles. The number of nitrogens with one attached hydrogen (secondary N) is 1. The van der Waals surface area contributed by atoms with Crippen molar-refractivity contribution in [2.75, 3.05) is 6.54 Å². The van der Waals surface area contributed by atoms with Crippen LogP contribution in [0.5, 0.6) is 0 Å². The topological polar surface area (TPSA) is 60.6 Å². The molecule has 0 spiro atoms. The first-order valence-corrected chi connectivity index (χ1v) is 5.86. The van der Waals surface area contributed by atoms with Gasteiger partial charge in [0.15, 0.2) is 0 Å². The van der Waals surface area contributed by atoms with E-state index in [4.69, 9.17) is 11.6 Å². The summed E-state index contributed by atoms with van der Waals surface area (Å²) >= 11 is 5.89. The molecule has 0 radical (unpaired) electrons. The molecule has 0 unspecified atom stereocenters. The van der Waals surface area contributed by atoms with Gasteiger partial charge in [-0.1, -0.05) is 16.8 Å². The van der Waals surface area contributed by atoms with E-state index in [9.17, 15) is 0 Å². The van der Waals surface area contributed by atoms with E-state index in [1.54, 1.807) is 12.4 Å². The van der Waals surface area contributed by atoms with Gasteiger partial charge in [-0.2, -0.15) is 0 Å². The Balaban J connectivity index is 1.65. The predicted octanol–water partition coefficient (Wildman–Crippen LogP) is 0.845. The summed E-state index contributed by atoms with van der Waals surface area (Å²) in [7, 11) is 1.90. The van der Waals surface area contributed by atoms with Crippen LogP contribution in [0.1, 0.15) is 12.2 Å². The zero-order valence-electron chi connectivity index (χ0n) is 9.67. The first kappa shape index (κ1) is 12.1. The van der Waals surface area contributed by atoms with E-state index in [0.29, 0.717) is 5.15 Å². The van der Waals surface area contributed by atoms with Gasteiger partial charge in [-0.3, -0.25) is 4.68 Å². The Morgan fingerprint density at radius 2 is 2.35 bits per heavy atom. The fraction of sp³-hybridized carbons (Fsp3) is 0.500. The number of aromatic nitrogens is 5. The van der Waals surface area contributed by atoms with E-state index in [1.165, 1.54) is 0 Å². The lowest BCUT2D eigenvalue weighted by Gasteiger charge is -2.05. The third-order valence-corrected chi connectivity index (χ3v) is 2.87. The van der Waals surface area contributed by atoms with E-state index in [1.807, 2.05) is 22.5 Å². The Morgan fingerprint density at radius 1 is 1.47 bits per heavy atom. The van der Waals surface area contributed by atoms with Crippen LogP contribution in [0.2, 0.25) is 5.15 Å². The van der Waals surface area contributed by atoms with Gasteiger partial charge >= 0.3 is 0 Å². The Hall–Kier alpha value is -1.40. The minimum atomic E-state index is 0.657. The lowest BCUT2D eigenvalue weighted by molar-refractivity contribution is 0.523. The van der Waals surface area contributed by atoms with Crippen molar-refractivity contribution >= 4 is 11.6 Å². The molecule has 0 saturated carbocycles. The molecule has 17 heavy (non-hydrogen) atoms. The van der Waals surface area contributed by atoms with Crippen molar-refractivity contribution in [1.29, 1.82) is 0 Å². The van der Waals surface area contributed by atoms with Crippen LogP contribution in [0.3, 0.4) is 0 Å². The molecule has 0 amide bonds. The number of hydrogen-bond acceptors (Lipinski definition) is 4. The van der Waals surface area contributed by atoms with Crippen LogP contribution >= 0.6 is 11.6 Å². The van der Waals surface area contributed by atoms with Crippen molar-refractivity contribution < 1.29 is 0 Å². The highest BCUT2D eigenvalue weighted by molar-refractivity contribution is 6.29. The Labute approximate surface area is 105 Å². The van der Waals surface area contributed by atoms with Crippen LogP contribution in [0.4, 0.5) is 0 Å². The monoisotopic (exact) mass is 254 g/mol. The molecule has 0 aliphatic rings. The quantitative estimate of drug-likeness (QED) is 0.777. The van der Waals surface area contributed by atoms with E-state index in [0.717, 1.165) is 31.9 Å². The summed E-state index contributed by atoms with van der Waals surface area (Å²) in [6.45, 7) is 2.50. The predicted molar refractivity (Wildman–Crippen MR) is 64.6 cm³/mol. The molecule has 92 valence electrons. The van der Waals surface area contributed by atoms with E-state index in [2.05, 4.69) is 20.6 Å². The van der Waals surface area contributed by atoms with Crippen LogP contribution in [0.15, 0.2) is 18.6 Å². The molecule has 2 rings (SSSR count). The van der Waals surface area contributed by atoms with E-state index < -0.39 is 0 Å². The molecule has 1 N–H and O–H groups in total. The molecule has 7 heteroatoms. The lowest BCUT2D eigenvalue weighted by atomic mass is 10.4. The number of halogens is 1. The van der Waals surface area contributed by atoms with Crippen LogP contribution in [0.25, 0.3) is 0 Å². The summed E-state index contributed by atoms with van der Waals surface area (Å²) in [6.07, 6.45) is 6.21. The Kier molecular flexibility index (Phi) is 4.11. The van der Waals surface area contributed by atoms with Gasteiger partial charge < -0.3 is 9.88 Å². The smallest absolute Gasteiger partial charge is 0.128 e. The number of imidazole rings is 1. The van der Waals surface area contributed by atoms with Gasteiger partial charge in [0, 0.05) is 19.8 Å². The zero-order chi connectivity index (χ0) is 12.1. The molecular weight excluding hydrogens is 240 g/mol. The summed E-state index contributed by atoms with van der Waals surface area (Å²) in [6, 6.07) is 0. The van der Waals surface area contributed by atoms with Crippen LogP contribution < -0.4 is 5.32 Å². The van der Waals surface area contributed by atoms with Gasteiger partial charge in [-0.05, 0) is 13.0 Å². The zero-order valence-corrected chi connectivity index (χ0v) is 10.4.